The number of carbonyl (C=O) groups excluding carboxylic acids is 2. The zero-order valence-electron chi connectivity index (χ0n) is 16.3. The predicted octanol–water partition coefficient (Wildman–Crippen LogP) is 4.00. The number of hydrogen-bond donors (Lipinski definition) is 2. The van der Waals surface area contributed by atoms with E-state index < -0.39 is 12.8 Å². The Morgan fingerprint density at radius 1 is 1.20 bits per heavy atom. The number of anilines is 1. The number of ether oxygens (including phenoxy) is 1. The lowest BCUT2D eigenvalue weighted by Gasteiger charge is -2.15. The minimum absolute atomic E-state index is 0.0457. The molecule has 30 heavy (non-hydrogen) atoms. The summed E-state index contributed by atoms with van der Waals surface area (Å²) in [6.45, 7) is 0.297. The Morgan fingerprint density at radius 3 is 2.53 bits per heavy atom. The predicted molar refractivity (Wildman–Crippen MR) is 104 cm³/mol. The number of benzene rings is 1. The molecule has 3 rings (SSSR count). The summed E-state index contributed by atoms with van der Waals surface area (Å²) in [7, 11) is 0. The summed E-state index contributed by atoms with van der Waals surface area (Å²) in [4.78, 5) is 28.5. The number of rotatable bonds is 8. The quantitative estimate of drug-likeness (QED) is 0.675. The van der Waals surface area contributed by atoms with Crippen LogP contribution in [0.5, 0.6) is 0 Å². The summed E-state index contributed by atoms with van der Waals surface area (Å²) in [5.74, 6) is 0.129. The molecule has 1 unspecified atom stereocenters. The Hall–Kier alpha value is -2.94. The van der Waals surface area contributed by atoms with Crippen LogP contribution < -0.4 is 10.6 Å². The third-order valence-electron chi connectivity index (χ3n) is 4.58. The highest BCUT2D eigenvalue weighted by molar-refractivity contribution is 5.94. The maximum absolute atomic E-state index is 12.5. The lowest BCUT2D eigenvalue weighted by Crippen LogP contribution is -2.26. The minimum atomic E-state index is -4.37. The van der Waals surface area contributed by atoms with Gasteiger partial charge in [0, 0.05) is 17.7 Å². The summed E-state index contributed by atoms with van der Waals surface area (Å²) in [6.07, 6.45) is -1.02. The molecule has 0 saturated heterocycles. The van der Waals surface area contributed by atoms with Crippen LogP contribution in [0.4, 0.5) is 19.0 Å². The van der Waals surface area contributed by atoms with E-state index in [-0.39, 0.29) is 30.4 Å². The van der Waals surface area contributed by atoms with Crippen LogP contribution in [0.15, 0.2) is 42.6 Å². The van der Waals surface area contributed by atoms with E-state index in [0.29, 0.717) is 16.9 Å². The van der Waals surface area contributed by atoms with Crippen molar-refractivity contribution in [3.63, 3.8) is 0 Å². The van der Waals surface area contributed by atoms with Gasteiger partial charge < -0.3 is 15.4 Å². The summed E-state index contributed by atoms with van der Waals surface area (Å²) < 4.78 is 40.9. The third kappa shape index (κ3) is 6.55. The summed E-state index contributed by atoms with van der Waals surface area (Å²) >= 11 is 0. The molecule has 0 radical (unpaired) electrons. The second-order valence-electron chi connectivity index (χ2n) is 7.24. The lowest BCUT2D eigenvalue weighted by atomic mass is 10.1. The normalized spacial score (nSPS) is 14.8. The number of amides is 2. The Kier molecular flexibility index (Phi) is 6.71. The van der Waals surface area contributed by atoms with E-state index in [9.17, 15) is 22.8 Å². The Morgan fingerprint density at radius 2 is 1.90 bits per heavy atom. The highest BCUT2D eigenvalue weighted by Crippen LogP contribution is 2.30. The molecule has 1 atom stereocenters. The van der Waals surface area contributed by atoms with Crippen LogP contribution in [-0.4, -0.2) is 29.6 Å². The highest BCUT2D eigenvalue weighted by Gasteiger charge is 2.30. The first kappa shape index (κ1) is 21.8. The van der Waals surface area contributed by atoms with Crippen molar-refractivity contribution in [2.24, 2.45) is 5.92 Å². The molecular weight excluding hydrogens is 399 g/mol. The molecule has 0 aliphatic heterocycles. The van der Waals surface area contributed by atoms with Crippen molar-refractivity contribution >= 4 is 17.6 Å². The zero-order valence-corrected chi connectivity index (χ0v) is 16.3. The fraction of sp³-hybridized carbons (Fsp3) is 0.381. The van der Waals surface area contributed by atoms with Crippen LogP contribution in [0.25, 0.3) is 0 Å². The van der Waals surface area contributed by atoms with Crippen molar-refractivity contribution in [2.75, 3.05) is 11.9 Å². The smallest absolute Gasteiger partial charge is 0.367 e. The number of nitrogens with one attached hydrogen (secondary N) is 2. The first-order valence-electron chi connectivity index (χ1n) is 9.52. The van der Waals surface area contributed by atoms with E-state index in [1.807, 2.05) is 0 Å². The maximum Gasteiger partial charge on any atom is 0.411 e. The van der Waals surface area contributed by atoms with E-state index in [4.69, 9.17) is 0 Å². The molecular formula is C21H22F3N3O3. The van der Waals surface area contributed by atoms with Gasteiger partial charge in [0.1, 0.15) is 12.4 Å². The van der Waals surface area contributed by atoms with Gasteiger partial charge in [0.15, 0.2) is 0 Å². The van der Waals surface area contributed by atoms with E-state index >= 15 is 0 Å². The maximum atomic E-state index is 12.5. The second kappa shape index (κ2) is 9.25. The van der Waals surface area contributed by atoms with Gasteiger partial charge in [-0.1, -0.05) is 12.1 Å². The van der Waals surface area contributed by atoms with Crippen LogP contribution in [0.2, 0.25) is 0 Å². The van der Waals surface area contributed by atoms with Gasteiger partial charge in [-0.05, 0) is 55.2 Å². The Bertz CT molecular complexity index is 896. The van der Waals surface area contributed by atoms with Crippen molar-refractivity contribution < 1.29 is 27.5 Å². The number of halogens is 3. The molecule has 1 aromatic heterocycles. The third-order valence-corrected chi connectivity index (χ3v) is 4.58. The second-order valence-corrected chi connectivity index (χ2v) is 7.24. The molecule has 2 N–H and O–H groups in total. The summed E-state index contributed by atoms with van der Waals surface area (Å²) in [5.41, 5.74) is 1.69. The molecule has 0 bridgehead atoms. The van der Waals surface area contributed by atoms with Crippen molar-refractivity contribution in [1.29, 1.82) is 0 Å². The van der Waals surface area contributed by atoms with Gasteiger partial charge in [0.05, 0.1) is 12.6 Å². The molecule has 1 saturated carbocycles. The molecule has 1 aromatic carbocycles. The number of alkyl halides is 3. The fourth-order valence-electron chi connectivity index (χ4n) is 2.76. The van der Waals surface area contributed by atoms with Crippen molar-refractivity contribution in [3.05, 3.63) is 59.3 Å². The zero-order chi connectivity index (χ0) is 21.7. The lowest BCUT2D eigenvalue weighted by molar-refractivity contribution is -0.176. The topological polar surface area (TPSA) is 80.3 Å². The van der Waals surface area contributed by atoms with E-state index in [0.717, 1.165) is 18.4 Å². The van der Waals surface area contributed by atoms with Gasteiger partial charge in [0.2, 0.25) is 5.91 Å². The van der Waals surface area contributed by atoms with Crippen LogP contribution in [0.1, 0.15) is 47.3 Å². The average molecular weight is 421 g/mol. The van der Waals surface area contributed by atoms with Crippen LogP contribution >= 0.6 is 0 Å². The molecule has 0 spiro atoms. The van der Waals surface area contributed by atoms with Crippen molar-refractivity contribution in [2.45, 2.75) is 38.6 Å². The number of nitrogens with zero attached hydrogens (tertiary/aromatic N) is 1. The first-order valence-corrected chi connectivity index (χ1v) is 9.52. The van der Waals surface area contributed by atoms with E-state index in [2.05, 4.69) is 20.4 Å². The van der Waals surface area contributed by atoms with Gasteiger partial charge in [0.25, 0.3) is 5.91 Å². The summed E-state index contributed by atoms with van der Waals surface area (Å²) in [6, 6.07) is 9.28. The van der Waals surface area contributed by atoms with Crippen LogP contribution in [0, 0.1) is 5.92 Å². The van der Waals surface area contributed by atoms with Crippen molar-refractivity contribution in [1.82, 2.24) is 10.3 Å². The van der Waals surface area contributed by atoms with Crippen LogP contribution in [-0.2, 0) is 16.1 Å². The average Bonchev–Trinajstić information content (AvgIpc) is 3.53. The molecule has 6 nitrogen and oxygen atoms in total. The fourth-order valence-corrected chi connectivity index (χ4v) is 2.76. The molecule has 1 aliphatic rings. The number of pyridine rings is 1. The summed E-state index contributed by atoms with van der Waals surface area (Å²) in [5, 5.41) is 5.62. The van der Waals surface area contributed by atoms with E-state index in [1.54, 1.807) is 37.4 Å². The Balaban J connectivity index is 1.54. The Labute approximate surface area is 171 Å². The molecule has 2 aromatic rings. The largest absolute Gasteiger partial charge is 0.411 e. The van der Waals surface area contributed by atoms with Gasteiger partial charge in [-0.25, -0.2) is 4.98 Å². The molecule has 9 heteroatoms. The first-order chi connectivity index (χ1) is 14.2. The highest BCUT2D eigenvalue weighted by atomic mass is 19.4. The monoisotopic (exact) mass is 421 g/mol. The number of aromatic nitrogens is 1. The van der Waals surface area contributed by atoms with Gasteiger partial charge in [-0.2, -0.15) is 13.2 Å². The number of carbonyl (C=O) groups is 2. The number of hydrogen-bond acceptors (Lipinski definition) is 4. The molecule has 1 heterocycles. The van der Waals surface area contributed by atoms with Gasteiger partial charge >= 0.3 is 6.18 Å². The molecule has 1 aliphatic carbocycles. The van der Waals surface area contributed by atoms with Crippen molar-refractivity contribution in [3.8, 4) is 0 Å². The molecule has 1 fully saturated rings. The van der Waals surface area contributed by atoms with Gasteiger partial charge in [-0.15, -0.1) is 0 Å². The molecule has 160 valence electrons. The van der Waals surface area contributed by atoms with Gasteiger partial charge in [-0.3, -0.25) is 9.59 Å². The van der Waals surface area contributed by atoms with Crippen LogP contribution in [0.3, 0.4) is 0 Å². The minimum Gasteiger partial charge on any atom is -0.367 e. The van der Waals surface area contributed by atoms with E-state index in [1.165, 1.54) is 12.1 Å². The SMILES string of the molecule is CC(NC(=O)c1ccc(COCC(F)(F)F)cc1)c1ccnc(NC(=O)C2CC2)c1. The molecule has 2 amide bonds. The standard InChI is InChI=1S/C21H22F3N3O3/c1-13(17-8-9-25-18(10-17)27-20(29)16-6-7-16)26-19(28)15-4-2-14(3-5-15)11-30-12-21(22,23)24/h2-5,8-10,13,16H,6-7,11-12H2,1H3,(H,26,28)(H,25,27,29).